The van der Waals surface area contributed by atoms with Gasteiger partial charge in [-0.2, -0.15) is 0 Å². The minimum Gasteiger partial charge on any atom is -0.477 e. The van der Waals surface area contributed by atoms with E-state index in [1.807, 2.05) is 121 Å². The van der Waals surface area contributed by atoms with E-state index in [0.29, 0.717) is 4.73 Å². The third-order valence-corrected chi connectivity index (χ3v) is 6.63. The fourth-order valence-electron chi connectivity index (χ4n) is 4.56. The highest BCUT2D eigenvalue weighted by Crippen LogP contribution is 2.38. The number of benzene rings is 4. The molecule has 0 saturated heterocycles. The van der Waals surface area contributed by atoms with Crippen molar-refractivity contribution in [2.45, 2.75) is 18.3 Å². The molecule has 4 aromatic carbocycles. The van der Waals surface area contributed by atoms with E-state index < -0.39 is 24.3 Å². The first-order chi connectivity index (χ1) is 20.0. The van der Waals surface area contributed by atoms with Crippen LogP contribution in [0.2, 0.25) is 0 Å². The van der Waals surface area contributed by atoms with Crippen molar-refractivity contribution in [2.75, 3.05) is 7.11 Å². The summed E-state index contributed by atoms with van der Waals surface area (Å²) in [5, 5.41) is 21.5. The molecular formula is C34H30NO6+. The second-order valence-electron chi connectivity index (χ2n) is 9.34. The van der Waals surface area contributed by atoms with Gasteiger partial charge in [-0.25, -0.2) is 4.79 Å². The molecule has 1 aromatic heterocycles. The van der Waals surface area contributed by atoms with Crippen LogP contribution in [0.3, 0.4) is 0 Å². The predicted molar refractivity (Wildman–Crippen MR) is 152 cm³/mol. The molecule has 0 saturated carbocycles. The van der Waals surface area contributed by atoms with E-state index in [9.17, 15) is 15.1 Å². The molecule has 206 valence electrons. The topological polar surface area (TPSA) is 89.1 Å². The lowest BCUT2D eigenvalue weighted by atomic mass is 10.0. The summed E-state index contributed by atoms with van der Waals surface area (Å²) in [5.41, 5.74) is 3.38. The average molecular weight is 549 g/mol. The largest absolute Gasteiger partial charge is 0.477 e. The number of aromatic nitrogens is 1. The molecule has 0 radical (unpaired) electrons. The summed E-state index contributed by atoms with van der Waals surface area (Å²) in [6.45, 7) is 0. The second-order valence-corrected chi connectivity index (χ2v) is 9.34. The SMILES string of the molecule is COC(=O)C(O)c1cc(OC(c2ccccc2)c2ccccc2)c(OC(c2ccccc2)c2ccccc2)c[n+]1O. The first-order valence-corrected chi connectivity index (χ1v) is 13.1. The summed E-state index contributed by atoms with van der Waals surface area (Å²) >= 11 is 0. The molecule has 0 aliphatic heterocycles. The van der Waals surface area contributed by atoms with Crippen LogP contribution in [0, 0.1) is 0 Å². The van der Waals surface area contributed by atoms with Crippen molar-refractivity contribution in [3.05, 3.63) is 162 Å². The number of pyridine rings is 1. The van der Waals surface area contributed by atoms with Crippen LogP contribution in [0.4, 0.5) is 0 Å². The number of nitrogens with zero attached hydrogens (tertiary/aromatic N) is 1. The van der Waals surface area contributed by atoms with Crippen molar-refractivity contribution in [2.24, 2.45) is 0 Å². The zero-order valence-corrected chi connectivity index (χ0v) is 22.4. The molecule has 5 rings (SSSR count). The summed E-state index contributed by atoms with van der Waals surface area (Å²) in [5.74, 6) is -0.521. The summed E-state index contributed by atoms with van der Waals surface area (Å²) in [6, 6.07) is 40.1. The summed E-state index contributed by atoms with van der Waals surface area (Å²) in [4.78, 5) is 12.2. The van der Waals surface area contributed by atoms with Gasteiger partial charge in [-0.3, -0.25) is 5.21 Å². The Morgan fingerprint density at radius 3 is 1.37 bits per heavy atom. The Labute approximate surface area is 238 Å². The fourth-order valence-corrected chi connectivity index (χ4v) is 4.56. The van der Waals surface area contributed by atoms with Gasteiger partial charge in [0.25, 0.3) is 11.9 Å². The van der Waals surface area contributed by atoms with Gasteiger partial charge in [0.15, 0.2) is 5.75 Å². The van der Waals surface area contributed by atoms with E-state index in [1.54, 1.807) is 0 Å². The van der Waals surface area contributed by atoms with Gasteiger partial charge >= 0.3 is 5.97 Å². The third kappa shape index (κ3) is 6.37. The molecule has 7 heteroatoms. The number of carbonyl (C=O) groups is 1. The van der Waals surface area contributed by atoms with Crippen molar-refractivity contribution in [3.63, 3.8) is 0 Å². The minimum absolute atomic E-state index is 0.143. The van der Waals surface area contributed by atoms with E-state index in [1.165, 1.54) is 12.3 Å². The molecule has 7 nitrogen and oxygen atoms in total. The molecule has 1 unspecified atom stereocenters. The van der Waals surface area contributed by atoms with Crippen LogP contribution in [0.15, 0.2) is 134 Å². The number of aliphatic hydroxyl groups is 1. The fraction of sp³-hybridized carbons (Fsp3) is 0.118. The van der Waals surface area contributed by atoms with Crippen LogP contribution in [-0.4, -0.2) is 23.4 Å². The number of carbonyl (C=O) groups excluding carboxylic acids is 1. The van der Waals surface area contributed by atoms with Crippen molar-refractivity contribution in [1.29, 1.82) is 0 Å². The predicted octanol–water partition coefficient (Wildman–Crippen LogP) is 5.75. The van der Waals surface area contributed by atoms with Gasteiger partial charge in [0, 0.05) is 4.73 Å². The molecule has 1 atom stereocenters. The molecule has 0 amide bonds. The molecule has 0 spiro atoms. The lowest BCUT2D eigenvalue weighted by molar-refractivity contribution is -0.911. The van der Waals surface area contributed by atoms with E-state index >= 15 is 0 Å². The average Bonchev–Trinajstić information content (AvgIpc) is 3.04. The van der Waals surface area contributed by atoms with Gasteiger partial charge in [0.05, 0.1) is 13.2 Å². The Bertz CT molecular complexity index is 1480. The third-order valence-electron chi connectivity index (χ3n) is 6.63. The number of ether oxygens (including phenoxy) is 3. The Morgan fingerprint density at radius 2 is 1.00 bits per heavy atom. The van der Waals surface area contributed by atoms with E-state index in [0.717, 1.165) is 29.4 Å². The molecule has 2 N–H and O–H groups in total. The quantitative estimate of drug-likeness (QED) is 0.131. The standard InChI is InChI=1S/C34H30NO6/c1-39-34(37)31(36)28-22-29(40-32(24-14-6-2-7-15-24)25-16-8-3-9-17-25)30(23-35(28)38)41-33(26-18-10-4-11-19-26)27-20-12-5-13-21-27/h2-23,31-33,36,38H,1H3/q+1. The summed E-state index contributed by atoms with van der Waals surface area (Å²) in [6.07, 6.45) is -1.59. The Hall–Kier alpha value is -5.14. The zero-order valence-electron chi connectivity index (χ0n) is 22.4. The van der Waals surface area contributed by atoms with E-state index in [2.05, 4.69) is 0 Å². The molecule has 0 bridgehead atoms. The lowest BCUT2D eigenvalue weighted by Gasteiger charge is -2.24. The number of rotatable bonds is 10. The molecule has 0 fully saturated rings. The van der Waals surface area contributed by atoms with Crippen LogP contribution in [0.1, 0.15) is 46.3 Å². The number of aliphatic hydroxyl groups excluding tert-OH is 1. The van der Waals surface area contributed by atoms with Crippen molar-refractivity contribution < 1.29 is 34.0 Å². The van der Waals surface area contributed by atoms with Gasteiger partial charge in [-0.15, -0.1) is 0 Å². The molecule has 0 aliphatic carbocycles. The van der Waals surface area contributed by atoms with Gasteiger partial charge in [-0.05, 0) is 22.3 Å². The monoisotopic (exact) mass is 548 g/mol. The smallest absolute Gasteiger partial charge is 0.346 e. The van der Waals surface area contributed by atoms with E-state index in [-0.39, 0.29) is 17.2 Å². The van der Waals surface area contributed by atoms with Gasteiger partial charge in [0.1, 0.15) is 12.2 Å². The Balaban J connectivity index is 1.64. The highest BCUT2D eigenvalue weighted by molar-refractivity contribution is 5.75. The maximum Gasteiger partial charge on any atom is 0.346 e. The first-order valence-electron chi connectivity index (χ1n) is 13.1. The van der Waals surface area contributed by atoms with Crippen LogP contribution < -0.4 is 14.2 Å². The lowest BCUT2D eigenvalue weighted by Crippen LogP contribution is -2.39. The number of esters is 1. The van der Waals surface area contributed by atoms with Crippen LogP contribution in [0.25, 0.3) is 0 Å². The van der Waals surface area contributed by atoms with E-state index in [4.69, 9.17) is 14.2 Å². The normalized spacial score (nSPS) is 11.7. The molecule has 0 aliphatic rings. The van der Waals surface area contributed by atoms with Gasteiger partial charge < -0.3 is 19.3 Å². The highest BCUT2D eigenvalue weighted by Gasteiger charge is 2.33. The second kappa shape index (κ2) is 12.8. The number of hydrogen-bond donors (Lipinski definition) is 2. The van der Waals surface area contributed by atoms with Gasteiger partial charge in [0.2, 0.25) is 11.9 Å². The Kier molecular flexibility index (Phi) is 8.57. The van der Waals surface area contributed by atoms with Crippen molar-refractivity contribution in [1.82, 2.24) is 0 Å². The highest BCUT2D eigenvalue weighted by atomic mass is 16.5. The molecule has 41 heavy (non-hydrogen) atoms. The molecule has 1 heterocycles. The zero-order chi connectivity index (χ0) is 28.6. The maximum absolute atomic E-state index is 12.2. The van der Waals surface area contributed by atoms with Crippen molar-refractivity contribution >= 4 is 5.97 Å². The maximum atomic E-state index is 12.2. The first kappa shape index (κ1) is 27.4. The van der Waals surface area contributed by atoms with Crippen LogP contribution in [0.5, 0.6) is 11.5 Å². The van der Waals surface area contributed by atoms with Crippen LogP contribution in [-0.2, 0) is 9.53 Å². The Morgan fingerprint density at radius 1 is 0.634 bits per heavy atom. The summed E-state index contributed by atoms with van der Waals surface area (Å²) in [7, 11) is 1.16. The summed E-state index contributed by atoms with van der Waals surface area (Å²) < 4.78 is 18.6. The molecular weight excluding hydrogens is 518 g/mol. The van der Waals surface area contributed by atoms with Gasteiger partial charge in [-0.1, -0.05) is 121 Å². The van der Waals surface area contributed by atoms with Crippen LogP contribution >= 0.6 is 0 Å². The minimum atomic E-state index is -1.76. The van der Waals surface area contributed by atoms with Crippen molar-refractivity contribution in [3.8, 4) is 11.5 Å². The molecule has 5 aromatic rings. The number of hydrogen-bond acceptors (Lipinski definition) is 6. The number of methoxy groups -OCH3 is 1.